The van der Waals surface area contributed by atoms with E-state index in [-0.39, 0.29) is 0 Å². The van der Waals surface area contributed by atoms with Crippen LogP contribution < -0.4 is 5.32 Å². The third-order valence-corrected chi connectivity index (χ3v) is 4.64. The fourth-order valence-corrected chi connectivity index (χ4v) is 3.35. The Balaban J connectivity index is 1.72. The molecular weight excluding hydrogens is 224 g/mol. The lowest BCUT2D eigenvalue weighted by molar-refractivity contribution is -0.0345. The second kappa shape index (κ2) is 7.46. The van der Waals surface area contributed by atoms with Gasteiger partial charge in [0.1, 0.15) is 0 Å². The van der Waals surface area contributed by atoms with E-state index >= 15 is 0 Å². The van der Waals surface area contributed by atoms with E-state index in [0.29, 0.717) is 6.10 Å². The summed E-state index contributed by atoms with van der Waals surface area (Å²) in [5.41, 5.74) is 0. The van der Waals surface area contributed by atoms with Crippen LogP contribution in [-0.4, -0.2) is 49.8 Å². The lowest BCUT2D eigenvalue weighted by Crippen LogP contribution is -2.47. The van der Waals surface area contributed by atoms with Gasteiger partial charge in [0.25, 0.3) is 0 Å². The van der Waals surface area contributed by atoms with Gasteiger partial charge in [0, 0.05) is 12.6 Å². The average molecular weight is 254 g/mol. The summed E-state index contributed by atoms with van der Waals surface area (Å²) in [6, 6.07) is 0.795. The zero-order valence-electron chi connectivity index (χ0n) is 12.2. The zero-order valence-corrected chi connectivity index (χ0v) is 12.2. The van der Waals surface area contributed by atoms with Crippen LogP contribution in [0.25, 0.3) is 0 Å². The Morgan fingerprint density at radius 2 is 1.94 bits per heavy atom. The molecule has 0 aromatic rings. The first-order valence-electron chi connectivity index (χ1n) is 7.89. The van der Waals surface area contributed by atoms with Crippen LogP contribution in [0.1, 0.15) is 46.0 Å². The predicted molar refractivity (Wildman–Crippen MR) is 75.9 cm³/mol. The van der Waals surface area contributed by atoms with Gasteiger partial charge in [0.2, 0.25) is 0 Å². The van der Waals surface area contributed by atoms with Crippen LogP contribution >= 0.6 is 0 Å². The first-order valence-corrected chi connectivity index (χ1v) is 7.89. The van der Waals surface area contributed by atoms with E-state index < -0.39 is 0 Å². The van der Waals surface area contributed by atoms with Crippen LogP contribution in [-0.2, 0) is 4.74 Å². The standard InChI is InChI=1S/C15H30N2O/c1-3-15-11-14(7-10-18-15)17-8-5-13(6-9-17)12-16-4-2/h13-16H,3-12H2,1-2H3. The molecule has 3 heteroatoms. The van der Waals surface area contributed by atoms with Crippen molar-refractivity contribution in [3.05, 3.63) is 0 Å². The molecule has 2 saturated heterocycles. The number of rotatable bonds is 5. The van der Waals surface area contributed by atoms with Crippen LogP contribution in [0.5, 0.6) is 0 Å². The summed E-state index contributed by atoms with van der Waals surface area (Å²) in [7, 11) is 0. The Hall–Kier alpha value is -0.120. The van der Waals surface area contributed by atoms with Crippen molar-refractivity contribution in [1.29, 1.82) is 0 Å². The molecule has 0 aromatic carbocycles. The molecule has 2 atom stereocenters. The summed E-state index contributed by atoms with van der Waals surface area (Å²) in [6.45, 7) is 10.3. The van der Waals surface area contributed by atoms with Crippen molar-refractivity contribution in [2.24, 2.45) is 5.92 Å². The maximum Gasteiger partial charge on any atom is 0.0587 e. The van der Waals surface area contributed by atoms with Gasteiger partial charge in [-0.3, -0.25) is 0 Å². The molecule has 1 N–H and O–H groups in total. The predicted octanol–water partition coefficient (Wildman–Crippen LogP) is 2.27. The van der Waals surface area contributed by atoms with Crippen molar-refractivity contribution in [3.63, 3.8) is 0 Å². The molecular formula is C15H30N2O. The number of hydrogen-bond donors (Lipinski definition) is 1. The van der Waals surface area contributed by atoms with Gasteiger partial charge in [-0.25, -0.2) is 0 Å². The summed E-state index contributed by atoms with van der Waals surface area (Å²) >= 11 is 0. The number of nitrogens with one attached hydrogen (secondary N) is 1. The number of nitrogens with zero attached hydrogens (tertiary/aromatic N) is 1. The minimum atomic E-state index is 0.517. The van der Waals surface area contributed by atoms with E-state index in [1.54, 1.807) is 0 Å². The van der Waals surface area contributed by atoms with Crippen molar-refractivity contribution in [2.75, 3.05) is 32.8 Å². The van der Waals surface area contributed by atoms with Gasteiger partial charge >= 0.3 is 0 Å². The van der Waals surface area contributed by atoms with E-state index in [0.717, 1.165) is 25.1 Å². The van der Waals surface area contributed by atoms with Crippen LogP contribution in [0.3, 0.4) is 0 Å². The average Bonchev–Trinajstić information content (AvgIpc) is 2.46. The Kier molecular flexibility index (Phi) is 5.93. The SMILES string of the molecule is CCNCC1CCN(C2CCOC(CC)C2)CC1. The number of hydrogen-bond acceptors (Lipinski definition) is 3. The molecule has 0 spiro atoms. The number of likely N-dealkylation sites (tertiary alicyclic amines) is 1. The highest BCUT2D eigenvalue weighted by Crippen LogP contribution is 2.25. The summed E-state index contributed by atoms with van der Waals surface area (Å²) < 4.78 is 5.79. The molecule has 0 aromatic heterocycles. The Bertz CT molecular complexity index is 227. The van der Waals surface area contributed by atoms with Gasteiger partial charge < -0.3 is 15.0 Å². The largest absolute Gasteiger partial charge is 0.378 e. The van der Waals surface area contributed by atoms with Crippen LogP contribution in [0.2, 0.25) is 0 Å². The molecule has 106 valence electrons. The van der Waals surface area contributed by atoms with Crippen molar-refractivity contribution in [2.45, 2.75) is 58.1 Å². The normalized spacial score (nSPS) is 31.7. The summed E-state index contributed by atoms with van der Waals surface area (Å²) in [5, 5.41) is 3.49. The van der Waals surface area contributed by atoms with Gasteiger partial charge in [0.05, 0.1) is 6.10 Å². The molecule has 3 nitrogen and oxygen atoms in total. The second-order valence-electron chi connectivity index (χ2n) is 5.87. The quantitative estimate of drug-likeness (QED) is 0.814. The third-order valence-electron chi connectivity index (χ3n) is 4.64. The Morgan fingerprint density at radius 3 is 2.61 bits per heavy atom. The fraction of sp³-hybridized carbons (Fsp3) is 1.00. The summed E-state index contributed by atoms with van der Waals surface area (Å²) in [6.07, 6.45) is 6.95. The summed E-state index contributed by atoms with van der Waals surface area (Å²) in [5.74, 6) is 0.906. The molecule has 18 heavy (non-hydrogen) atoms. The highest BCUT2D eigenvalue weighted by Gasteiger charge is 2.29. The van der Waals surface area contributed by atoms with E-state index in [9.17, 15) is 0 Å². The molecule has 2 heterocycles. The minimum Gasteiger partial charge on any atom is -0.378 e. The number of ether oxygens (including phenoxy) is 1. The lowest BCUT2D eigenvalue weighted by Gasteiger charge is -2.41. The smallest absolute Gasteiger partial charge is 0.0587 e. The van der Waals surface area contributed by atoms with Crippen molar-refractivity contribution in [1.82, 2.24) is 10.2 Å². The zero-order chi connectivity index (χ0) is 12.8. The molecule has 2 aliphatic rings. The molecule has 0 amide bonds. The van der Waals surface area contributed by atoms with Gasteiger partial charge in [0.15, 0.2) is 0 Å². The molecule has 0 radical (unpaired) electrons. The fourth-order valence-electron chi connectivity index (χ4n) is 3.35. The highest BCUT2D eigenvalue weighted by molar-refractivity contribution is 4.83. The highest BCUT2D eigenvalue weighted by atomic mass is 16.5. The topological polar surface area (TPSA) is 24.5 Å². The second-order valence-corrected chi connectivity index (χ2v) is 5.87. The van der Waals surface area contributed by atoms with Crippen molar-refractivity contribution < 1.29 is 4.74 Å². The maximum atomic E-state index is 5.79. The lowest BCUT2D eigenvalue weighted by atomic mass is 9.92. The van der Waals surface area contributed by atoms with E-state index in [1.165, 1.54) is 51.7 Å². The first kappa shape index (κ1) is 14.3. The summed E-state index contributed by atoms with van der Waals surface area (Å²) in [4.78, 5) is 2.73. The van der Waals surface area contributed by atoms with E-state index in [4.69, 9.17) is 4.74 Å². The molecule has 2 unspecified atom stereocenters. The Labute approximate surface area is 112 Å². The van der Waals surface area contributed by atoms with Crippen molar-refractivity contribution in [3.8, 4) is 0 Å². The van der Waals surface area contributed by atoms with Crippen LogP contribution in [0.4, 0.5) is 0 Å². The molecule has 0 saturated carbocycles. The molecule has 2 fully saturated rings. The molecule has 2 aliphatic heterocycles. The Morgan fingerprint density at radius 1 is 1.17 bits per heavy atom. The van der Waals surface area contributed by atoms with E-state index in [2.05, 4.69) is 24.1 Å². The molecule has 2 rings (SSSR count). The molecule has 0 bridgehead atoms. The van der Waals surface area contributed by atoms with Crippen molar-refractivity contribution >= 4 is 0 Å². The van der Waals surface area contributed by atoms with Gasteiger partial charge in [-0.15, -0.1) is 0 Å². The number of piperidine rings is 1. The third kappa shape index (κ3) is 3.94. The molecule has 0 aliphatic carbocycles. The van der Waals surface area contributed by atoms with Gasteiger partial charge in [-0.2, -0.15) is 0 Å². The monoisotopic (exact) mass is 254 g/mol. The first-order chi connectivity index (χ1) is 8.83. The maximum absolute atomic E-state index is 5.79. The van der Waals surface area contributed by atoms with E-state index in [1.807, 2.05) is 0 Å². The van der Waals surface area contributed by atoms with Crippen LogP contribution in [0.15, 0.2) is 0 Å². The van der Waals surface area contributed by atoms with Crippen LogP contribution in [0, 0.1) is 5.92 Å². The minimum absolute atomic E-state index is 0.517. The van der Waals surface area contributed by atoms with Gasteiger partial charge in [-0.1, -0.05) is 13.8 Å². The van der Waals surface area contributed by atoms with Gasteiger partial charge in [-0.05, 0) is 64.2 Å².